The Morgan fingerprint density at radius 2 is 1.78 bits per heavy atom. The lowest BCUT2D eigenvalue weighted by Crippen LogP contribution is -2.51. The second-order valence-electron chi connectivity index (χ2n) is 8.06. The third-order valence-electron chi connectivity index (χ3n) is 4.83. The first-order valence-electron chi connectivity index (χ1n) is 8.89. The van der Waals surface area contributed by atoms with Gasteiger partial charge in [-0.15, -0.1) is 0 Å². The fourth-order valence-corrected chi connectivity index (χ4v) is 4.17. The summed E-state index contributed by atoms with van der Waals surface area (Å²) < 4.78 is 6.00. The Morgan fingerprint density at radius 1 is 1.09 bits per heavy atom. The Kier molecular flexibility index (Phi) is 6.24. The largest absolute Gasteiger partial charge is 0.376 e. The van der Waals surface area contributed by atoms with E-state index in [1.54, 1.807) is 0 Å². The zero-order valence-corrected chi connectivity index (χ0v) is 15.6. The fourth-order valence-electron chi connectivity index (χ4n) is 4.17. The molecule has 0 N–H and O–H groups in total. The van der Waals surface area contributed by atoms with E-state index in [-0.39, 0.29) is 5.60 Å². The number of ether oxygens (including phenoxy) is 1. The first-order chi connectivity index (χ1) is 10.8. The van der Waals surface area contributed by atoms with Gasteiger partial charge in [0.2, 0.25) is 0 Å². The molecule has 1 aromatic carbocycles. The van der Waals surface area contributed by atoms with Gasteiger partial charge in [-0.2, -0.15) is 0 Å². The van der Waals surface area contributed by atoms with Gasteiger partial charge in [-0.25, -0.2) is 0 Å². The second-order valence-corrected chi connectivity index (χ2v) is 8.06. The van der Waals surface area contributed by atoms with Crippen LogP contribution in [0.2, 0.25) is 0 Å². The summed E-state index contributed by atoms with van der Waals surface area (Å²) in [5.41, 5.74) is 1.71. The van der Waals surface area contributed by atoms with E-state index in [1.165, 1.54) is 5.56 Å². The van der Waals surface area contributed by atoms with Crippen molar-refractivity contribution in [2.24, 2.45) is 5.41 Å². The zero-order chi connectivity index (χ0) is 16.9. The van der Waals surface area contributed by atoms with E-state index >= 15 is 0 Å². The molecule has 3 nitrogen and oxygen atoms in total. The molecule has 0 radical (unpaired) electrons. The van der Waals surface area contributed by atoms with Gasteiger partial charge in [0.15, 0.2) is 0 Å². The Balaban J connectivity index is 2.11. The maximum atomic E-state index is 6.00. The van der Waals surface area contributed by atoms with E-state index in [0.29, 0.717) is 5.41 Å². The summed E-state index contributed by atoms with van der Waals surface area (Å²) in [4.78, 5) is 4.94. The van der Waals surface area contributed by atoms with Crippen LogP contribution in [-0.2, 0) is 11.3 Å². The first-order valence-corrected chi connectivity index (χ1v) is 8.89. The Labute approximate surface area is 142 Å². The molecule has 1 aliphatic rings. The quantitative estimate of drug-likeness (QED) is 0.763. The highest BCUT2D eigenvalue weighted by Crippen LogP contribution is 2.40. The standard InChI is InChI=1S/C20H34N2O/c1-6-22(14-18-10-8-7-9-11-18)17-20(16-21(4)5)12-13-23-19(2,3)15-20/h7-11H,6,12-17H2,1-5H3. The molecule has 0 bridgehead atoms. The van der Waals surface area contributed by atoms with Crippen LogP contribution in [-0.4, -0.2) is 55.7 Å². The van der Waals surface area contributed by atoms with Crippen LogP contribution >= 0.6 is 0 Å². The van der Waals surface area contributed by atoms with Crippen molar-refractivity contribution in [2.75, 3.05) is 40.3 Å². The minimum Gasteiger partial charge on any atom is -0.376 e. The zero-order valence-electron chi connectivity index (χ0n) is 15.6. The van der Waals surface area contributed by atoms with Crippen LogP contribution in [0.25, 0.3) is 0 Å². The van der Waals surface area contributed by atoms with Crippen LogP contribution < -0.4 is 0 Å². The van der Waals surface area contributed by atoms with Gasteiger partial charge in [0.05, 0.1) is 5.60 Å². The second kappa shape index (κ2) is 7.78. The van der Waals surface area contributed by atoms with Gasteiger partial charge in [0, 0.05) is 31.7 Å². The molecule has 1 saturated heterocycles. The summed E-state index contributed by atoms with van der Waals surface area (Å²) in [6.45, 7) is 12.0. The van der Waals surface area contributed by atoms with Crippen LogP contribution in [0.3, 0.4) is 0 Å². The summed E-state index contributed by atoms with van der Waals surface area (Å²) in [6.07, 6.45) is 2.28. The molecule has 2 rings (SSSR count). The molecule has 1 aliphatic heterocycles. The molecular formula is C20H34N2O. The molecule has 1 aromatic rings. The minimum atomic E-state index is -0.0135. The van der Waals surface area contributed by atoms with Gasteiger partial charge >= 0.3 is 0 Å². The molecule has 0 aliphatic carbocycles. The first kappa shape index (κ1) is 18.4. The van der Waals surface area contributed by atoms with Gasteiger partial charge in [0.25, 0.3) is 0 Å². The van der Waals surface area contributed by atoms with E-state index in [4.69, 9.17) is 4.74 Å². The van der Waals surface area contributed by atoms with Crippen molar-refractivity contribution < 1.29 is 4.74 Å². The predicted octanol–water partition coefficient (Wildman–Crippen LogP) is 3.65. The van der Waals surface area contributed by atoms with Gasteiger partial charge < -0.3 is 9.64 Å². The van der Waals surface area contributed by atoms with E-state index in [9.17, 15) is 0 Å². The Morgan fingerprint density at radius 3 is 2.35 bits per heavy atom. The van der Waals surface area contributed by atoms with Crippen molar-refractivity contribution in [3.8, 4) is 0 Å². The van der Waals surface area contributed by atoms with Crippen LogP contribution in [0.4, 0.5) is 0 Å². The topological polar surface area (TPSA) is 15.7 Å². The van der Waals surface area contributed by atoms with Crippen molar-refractivity contribution in [1.29, 1.82) is 0 Å². The van der Waals surface area contributed by atoms with Crippen molar-refractivity contribution in [3.05, 3.63) is 35.9 Å². The van der Waals surface area contributed by atoms with Crippen LogP contribution in [0.15, 0.2) is 30.3 Å². The lowest BCUT2D eigenvalue weighted by Gasteiger charge is -2.48. The molecule has 0 saturated carbocycles. The molecule has 130 valence electrons. The molecule has 0 aromatic heterocycles. The average Bonchev–Trinajstić information content (AvgIpc) is 2.45. The molecule has 1 unspecified atom stereocenters. The minimum absolute atomic E-state index is 0.0135. The van der Waals surface area contributed by atoms with E-state index in [0.717, 1.165) is 45.6 Å². The van der Waals surface area contributed by atoms with Gasteiger partial charge in [-0.3, -0.25) is 4.90 Å². The third-order valence-corrected chi connectivity index (χ3v) is 4.83. The monoisotopic (exact) mass is 318 g/mol. The summed E-state index contributed by atoms with van der Waals surface area (Å²) in [7, 11) is 4.38. The number of nitrogens with zero attached hydrogens (tertiary/aromatic N) is 2. The normalized spacial score (nSPS) is 24.3. The fraction of sp³-hybridized carbons (Fsp3) is 0.700. The van der Waals surface area contributed by atoms with Crippen LogP contribution in [0, 0.1) is 5.41 Å². The third kappa shape index (κ3) is 5.59. The molecule has 1 heterocycles. The molecule has 0 amide bonds. The number of benzene rings is 1. The van der Waals surface area contributed by atoms with Crippen LogP contribution in [0.1, 0.15) is 39.2 Å². The van der Waals surface area contributed by atoms with E-state index < -0.39 is 0 Å². The van der Waals surface area contributed by atoms with Gasteiger partial charge in [0.1, 0.15) is 0 Å². The lowest BCUT2D eigenvalue weighted by atomic mass is 9.73. The highest BCUT2D eigenvalue weighted by atomic mass is 16.5. The molecule has 1 fully saturated rings. The summed E-state index contributed by atoms with van der Waals surface area (Å²) in [6, 6.07) is 10.8. The lowest BCUT2D eigenvalue weighted by molar-refractivity contribution is -0.117. The maximum Gasteiger partial charge on any atom is 0.0632 e. The molecule has 23 heavy (non-hydrogen) atoms. The van der Waals surface area contributed by atoms with Crippen molar-refractivity contribution >= 4 is 0 Å². The van der Waals surface area contributed by atoms with Gasteiger partial charge in [-0.05, 0) is 52.9 Å². The smallest absolute Gasteiger partial charge is 0.0632 e. The molecule has 0 spiro atoms. The predicted molar refractivity (Wildman–Crippen MR) is 97.6 cm³/mol. The summed E-state index contributed by atoms with van der Waals surface area (Å²) >= 11 is 0. The SMILES string of the molecule is CCN(Cc1ccccc1)CC1(CN(C)C)CCOC(C)(C)C1. The molecular weight excluding hydrogens is 284 g/mol. The van der Waals surface area contributed by atoms with E-state index in [2.05, 4.69) is 75.0 Å². The van der Waals surface area contributed by atoms with E-state index in [1.807, 2.05) is 0 Å². The maximum absolute atomic E-state index is 6.00. The summed E-state index contributed by atoms with van der Waals surface area (Å²) in [5.74, 6) is 0. The van der Waals surface area contributed by atoms with Crippen molar-refractivity contribution in [3.63, 3.8) is 0 Å². The number of rotatable bonds is 7. The highest BCUT2D eigenvalue weighted by Gasteiger charge is 2.42. The number of hydrogen-bond donors (Lipinski definition) is 0. The Hall–Kier alpha value is -0.900. The average molecular weight is 319 g/mol. The van der Waals surface area contributed by atoms with Crippen molar-refractivity contribution in [1.82, 2.24) is 9.80 Å². The Bertz CT molecular complexity index is 472. The highest BCUT2D eigenvalue weighted by molar-refractivity contribution is 5.14. The molecule has 3 heteroatoms. The van der Waals surface area contributed by atoms with Crippen LogP contribution in [0.5, 0.6) is 0 Å². The molecule has 1 atom stereocenters. The number of hydrogen-bond acceptors (Lipinski definition) is 3. The van der Waals surface area contributed by atoms with Crippen molar-refractivity contribution in [2.45, 2.75) is 45.8 Å². The summed E-state index contributed by atoms with van der Waals surface area (Å²) in [5, 5.41) is 0. The van der Waals surface area contributed by atoms with Gasteiger partial charge in [-0.1, -0.05) is 37.3 Å².